The van der Waals surface area contributed by atoms with Crippen molar-refractivity contribution < 1.29 is 14.0 Å². The molecule has 0 aliphatic rings. The van der Waals surface area contributed by atoms with Crippen LogP contribution in [-0.4, -0.2) is 34.6 Å². The molecule has 0 saturated heterocycles. The highest BCUT2D eigenvalue weighted by molar-refractivity contribution is 7.99. The monoisotopic (exact) mass is 416 g/mol. The van der Waals surface area contributed by atoms with Crippen LogP contribution in [-0.2, 0) is 21.9 Å². The van der Waals surface area contributed by atoms with Crippen LogP contribution in [0.4, 0.5) is 4.39 Å². The van der Waals surface area contributed by atoms with E-state index in [2.05, 4.69) is 5.32 Å². The summed E-state index contributed by atoms with van der Waals surface area (Å²) in [4.78, 5) is 27.2. The first-order valence-electron chi connectivity index (χ1n) is 9.86. The maximum Gasteiger partial charge on any atom is 0.242 e. The zero-order chi connectivity index (χ0) is 21.2. The Kier molecular flexibility index (Phi) is 9.19. The number of carbonyl (C=O) groups is 2. The van der Waals surface area contributed by atoms with E-state index < -0.39 is 6.04 Å². The SMILES string of the molecule is CCC(C)NC(=O)C(C)N(Cc1ccccc1)C(=O)CSCc1ccc(F)cc1. The van der Waals surface area contributed by atoms with Gasteiger partial charge in [0.05, 0.1) is 5.75 Å². The molecule has 6 heteroatoms. The van der Waals surface area contributed by atoms with Crippen LogP contribution in [0.2, 0.25) is 0 Å². The number of rotatable bonds is 10. The van der Waals surface area contributed by atoms with Gasteiger partial charge >= 0.3 is 0 Å². The largest absolute Gasteiger partial charge is 0.352 e. The quantitative estimate of drug-likeness (QED) is 0.625. The highest BCUT2D eigenvalue weighted by Crippen LogP contribution is 2.16. The molecule has 1 N–H and O–H groups in total. The summed E-state index contributed by atoms with van der Waals surface area (Å²) in [5.41, 5.74) is 1.94. The highest BCUT2D eigenvalue weighted by atomic mass is 32.2. The fourth-order valence-corrected chi connectivity index (χ4v) is 3.62. The Hall–Kier alpha value is -2.34. The van der Waals surface area contributed by atoms with Crippen molar-refractivity contribution in [1.82, 2.24) is 10.2 Å². The van der Waals surface area contributed by atoms with Gasteiger partial charge < -0.3 is 10.2 Å². The van der Waals surface area contributed by atoms with Crippen LogP contribution in [0.5, 0.6) is 0 Å². The van der Waals surface area contributed by atoms with Crippen molar-refractivity contribution in [2.24, 2.45) is 0 Å². The molecule has 0 heterocycles. The van der Waals surface area contributed by atoms with Gasteiger partial charge in [0, 0.05) is 18.3 Å². The van der Waals surface area contributed by atoms with Gasteiger partial charge in [-0.1, -0.05) is 49.4 Å². The lowest BCUT2D eigenvalue weighted by Gasteiger charge is -2.29. The third-order valence-electron chi connectivity index (χ3n) is 4.77. The summed E-state index contributed by atoms with van der Waals surface area (Å²) in [5, 5.41) is 2.96. The van der Waals surface area contributed by atoms with E-state index in [4.69, 9.17) is 0 Å². The molecule has 2 amide bonds. The van der Waals surface area contributed by atoms with Gasteiger partial charge in [-0.15, -0.1) is 11.8 Å². The maximum atomic E-state index is 13.0. The second kappa shape index (κ2) is 11.6. The molecule has 0 saturated carbocycles. The number of carbonyl (C=O) groups excluding carboxylic acids is 2. The van der Waals surface area contributed by atoms with Crippen molar-refractivity contribution in [3.8, 4) is 0 Å². The van der Waals surface area contributed by atoms with Crippen LogP contribution >= 0.6 is 11.8 Å². The smallest absolute Gasteiger partial charge is 0.242 e. The third-order valence-corrected chi connectivity index (χ3v) is 5.76. The average molecular weight is 417 g/mol. The predicted octanol–water partition coefficient (Wildman–Crippen LogP) is 4.39. The molecule has 0 aliphatic carbocycles. The maximum absolute atomic E-state index is 13.0. The predicted molar refractivity (Wildman–Crippen MR) is 117 cm³/mol. The Morgan fingerprint density at radius 1 is 1.03 bits per heavy atom. The van der Waals surface area contributed by atoms with Crippen molar-refractivity contribution in [1.29, 1.82) is 0 Å². The molecule has 0 fully saturated rings. The van der Waals surface area contributed by atoms with Gasteiger partial charge in [-0.25, -0.2) is 4.39 Å². The van der Waals surface area contributed by atoms with E-state index in [0.29, 0.717) is 12.3 Å². The first kappa shape index (κ1) is 22.9. The number of amides is 2. The van der Waals surface area contributed by atoms with E-state index >= 15 is 0 Å². The number of benzene rings is 2. The molecule has 0 radical (unpaired) electrons. The Morgan fingerprint density at radius 3 is 2.31 bits per heavy atom. The Morgan fingerprint density at radius 2 is 1.69 bits per heavy atom. The summed E-state index contributed by atoms with van der Waals surface area (Å²) < 4.78 is 13.0. The van der Waals surface area contributed by atoms with E-state index in [-0.39, 0.29) is 29.4 Å². The number of hydrogen-bond donors (Lipinski definition) is 1. The lowest BCUT2D eigenvalue weighted by Crippen LogP contribution is -2.50. The number of thioether (sulfide) groups is 1. The van der Waals surface area contributed by atoms with E-state index in [1.807, 2.05) is 44.2 Å². The first-order chi connectivity index (χ1) is 13.9. The third kappa shape index (κ3) is 7.54. The molecular formula is C23H29FN2O2S. The van der Waals surface area contributed by atoms with Crippen molar-refractivity contribution in [3.05, 3.63) is 71.5 Å². The van der Waals surface area contributed by atoms with Crippen molar-refractivity contribution in [2.75, 3.05) is 5.75 Å². The van der Waals surface area contributed by atoms with Crippen molar-refractivity contribution >= 4 is 23.6 Å². The van der Waals surface area contributed by atoms with E-state index in [1.54, 1.807) is 24.0 Å². The zero-order valence-electron chi connectivity index (χ0n) is 17.2. The van der Waals surface area contributed by atoms with Crippen LogP contribution in [0.3, 0.4) is 0 Å². The molecule has 29 heavy (non-hydrogen) atoms. The Bertz CT molecular complexity index is 783. The molecular weight excluding hydrogens is 387 g/mol. The normalized spacial score (nSPS) is 12.8. The Balaban J connectivity index is 2.03. The molecule has 2 aromatic rings. The summed E-state index contributed by atoms with van der Waals surface area (Å²) in [5.74, 6) is 0.356. The molecule has 2 atom stereocenters. The van der Waals surface area contributed by atoms with E-state index in [0.717, 1.165) is 17.5 Å². The summed E-state index contributed by atoms with van der Waals surface area (Å²) in [7, 11) is 0. The van der Waals surface area contributed by atoms with Crippen LogP contribution in [0, 0.1) is 5.82 Å². The molecule has 0 aliphatic heterocycles. The van der Waals surface area contributed by atoms with Crippen LogP contribution < -0.4 is 5.32 Å². The van der Waals surface area contributed by atoms with E-state index in [9.17, 15) is 14.0 Å². The topological polar surface area (TPSA) is 49.4 Å². The van der Waals surface area contributed by atoms with Gasteiger partial charge in [-0.05, 0) is 43.5 Å². The minimum absolute atomic E-state index is 0.0616. The molecule has 4 nitrogen and oxygen atoms in total. The van der Waals surface area contributed by atoms with E-state index in [1.165, 1.54) is 23.9 Å². The molecule has 156 valence electrons. The zero-order valence-corrected chi connectivity index (χ0v) is 18.0. The standard InChI is InChI=1S/C23H29FN2O2S/c1-4-17(2)25-23(28)18(3)26(14-19-8-6-5-7-9-19)22(27)16-29-15-20-10-12-21(24)13-11-20/h5-13,17-18H,4,14-16H2,1-3H3,(H,25,28). The van der Waals surface area contributed by atoms with Crippen LogP contribution in [0.1, 0.15) is 38.3 Å². The number of nitrogens with zero attached hydrogens (tertiary/aromatic N) is 1. The summed E-state index contributed by atoms with van der Waals surface area (Å²) >= 11 is 1.46. The molecule has 2 rings (SSSR count). The van der Waals surface area contributed by atoms with Gasteiger partial charge in [-0.2, -0.15) is 0 Å². The minimum atomic E-state index is -0.567. The van der Waals surface area contributed by atoms with Crippen molar-refractivity contribution in [2.45, 2.75) is 51.6 Å². The summed E-state index contributed by atoms with van der Waals surface area (Å²) in [6.07, 6.45) is 0.832. The molecule has 0 bridgehead atoms. The van der Waals surface area contributed by atoms with Crippen LogP contribution in [0.15, 0.2) is 54.6 Å². The number of hydrogen-bond acceptors (Lipinski definition) is 3. The van der Waals surface area contributed by atoms with Gasteiger partial charge in [-0.3, -0.25) is 9.59 Å². The molecule has 2 unspecified atom stereocenters. The van der Waals surface area contributed by atoms with Gasteiger partial charge in [0.1, 0.15) is 11.9 Å². The first-order valence-corrected chi connectivity index (χ1v) is 11.0. The average Bonchev–Trinajstić information content (AvgIpc) is 2.73. The number of halogens is 1. The summed E-state index contributed by atoms with van der Waals surface area (Å²) in [6, 6.07) is 15.4. The summed E-state index contributed by atoms with van der Waals surface area (Å²) in [6.45, 7) is 6.11. The molecule has 0 spiro atoms. The number of nitrogens with one attached hydrogen (secondary N) is 1. The lowest BCUT2D eigenvalue weighted by atomic mass is 10.1. The van der Waals surface area contributed by atoms with Crippen molar-refractivity contribution in [3.63, 3.8) is 0 Å². The minimum Gasteiger partial charge on any atom is -0.352 e. The van der Waals surface area contributed by atoms with Gasteiger partial charge in [0.15, 0.2) is 0 Å². The Labute approximate surface area is 176 Å². The lowest BCUT2D eigenvalue weighted by molar-refractivity contribution is -0.138. The second-order valence-corrected chi connectivity index (χ2v) is 8.11. The fraction of sp³-hybridized carbons (Fsp3) is 0.391. The van der Waals surface area contributed by atoms with Gasteiger partial charge in [0.2, 0.25) is 11.8 Å². The highest BCUT2D eigenvalue weighted by Gasteiger charge is 2.26. The fourth-order valence-electron chi connectivity index (χ4n) is 2.75. The van der Waals surface area contributed by atoms with Gasteiger partial charge in [0.25, 0.3) is 0 Å². The molecule has 0 aromatic heterocycles. The second-order valence-electron chi connectivity index (χ2n) is 7.12. The van der Waals surface area contributed by atoms with Crippen LogP contribution in [0.25, 0.3) is 0 Å². The molecule has 2 aromatic carbocycles.